The molecule has 2 aliphatic heterocycles. The molecule has 7 heteroatoms. The van der Waals surface area contributed by atoms with E-state index >= 15 is 0 Å². The van der Waals surface area contributed by atoms with E-state index in [0.717, 1.165) is 56.7 Å². The number of allylic oxidation sites excluding steroid dienone is 2. The van der Waals surface area contributed by atoms with Gasteiger partial charge >= 0.3 is 0 Å². The van der Waals surface area contributed by atoms with Gasteiger partial charge in [-0.2, -0.15) is 0 Å². The van der Waals surface area contributed by atoms with Crippen molar-refractivity contribution >= 4 is 5.91 Å². The minimum atomic E-state index is -0.825. The normalized spacial score (nSPS) is 19.8. The molecule has 2 N–H and O–H groups in total. The Kier molecular flexibility index (Phi) is 8.37. The maximum atomic E-state index is 13.4. The summed E-state index contributed by atoms with van der Waals surface area (Å²) in [6, 6.07) is 4.03. The fourth-order valence-corrected chi connectivity index (χ4v) is 4.31. The lowest BCUT2D eigenvalue weighted by Crippen LogP contribution is -2.51. The highest BCUT2D eigenvalue weighted by Gasteiger charge is 2.30. The molecule has 0 unspecified atom stereocenters. The minimum Gasteiger partial charge on any atom is -0.405 e. The highest BCUT2D eigenvalue weighted by molar-refractivity contribution is 5.79. The van der Waals surface area contributed by atoms with E-state index in [1.165, 1.54) is 18.3 Å². The molecular formula is C24H32F2N4O. The van der Waals surface area contributed by atoms with E-state index in [1.807, 2.05) is 17.1 Å². The highest BCUT2D eigenvalue weighted by atomic mass is 19.2. The summed E-state index contributed by atoms with van der Waals surface area (Å²) in [4.78, 5) is 19.5. The van der Waals surface area contributed by atoms with E-state index in [4.69, 9.17) is 5.73 Å². The third-order valence-electron chi connectivity index (χ3n) is 6.06. The maximum Gasteiger partial charge on any atom is 0.225 e. The fraction of sp³-hybridized carbons (Fsp3) is 0.458. The Bertz CT molecular complexity index is 823. The Hall–Kier alpha value is -2.51. The van der Waals surface area contributed by atoms with Crippen molar-refractivity contribution in [2.75, 3.05) is 45.8 Å². The molecule has 0 aromatic heterocycles. The monoisotopic (exact) mass is 430 g/mol. The minimum absolute atomic E-state index is 0.0749. The molecule has 2 fully saturated rings. The number of amides is 1. The van der Waals surface area contributed by atoms with Gasteiger partial charge in [0.1, 0.15) is 0 Å². The van der Waals surface area contributed by atoms with Gasteiger partial charge in [-0.3, -0.25) is 14.6 Å². The lowest BCUT2D eigenvalue weighted by molar-refractivity contribution is -0.138. The van der Waals surface area contributed by atoms with Gasteiger partial charge in [-0.25, -0.2) is 8.78 Å². The molecule has 168 valence electrons. The van der Waals surface area contributed by atoms with E-state index in [2.05, 4.69) is 16.4 Å². The summed E-state index contributed by atoms with van der Waals surface area (Å²) >= 11 is 0. The second-order valence-electron chi connectivity index (χ2n) is 8.24. The molecule has 2 saturated heterocycles. The Morgan fingerprint density at radius 1 is 1.06 bits per heavy atom. The summed E-state index contributed by atoms with van der Waals surface area (Å²) in [5.41, 5.74) is 7.38. The van der Waals surface area contributed by atoms with Gasteiger partial charge in [-0.15, -0.1) is 0 Å². The quantitative estimate of drug-likeness (QED) is 0.676. The Morgan fingerprint density at radius 3 is 2.39 bits per heavy atom. The van der Waals surface area contributed by atoms with Crippen molar-refractivity contribution in [3.05, 3.63) is 72.0 Å². The van der Waals surface area contributed by atoms with Crippen LogP contribution in [0.3, 0.4) is 0 Å². The predicted octanol–water partition coefficient (Wildman–Crippen LogP) is 2.91. The largest absolute Gasteiger partial charge is 0.405 e. The van der Waals surface area contributed by atoms with Gasteiger partial charge < -0.3 is 10.6 Å². The van der Waals surface area contributed by atoms with Crippen LogP contribution in [0, 0.1) is 17.6 Å². The van der Waals surface area contributed by atoms with Gasteiger partial charge in [-0.05, 0) is 61.5 Å². The molecule has 1 aromatic carbocycles. The van der Waals surface area contributed by atoms with Crippen LogP contribution in [0.4, 0.5) is 8.78 Å². The van der Waals surface area contributed by atoms with Gasteiger partial charge in [0.15, 0.2) is 11.6 Å². The maximum absolute atomic E-state index is 13.4. The summed E-state index contributed by atoms with van der Waals surface area (Å²) in [7, 11) is 0. The van der Waals surface area contributed by atoms with E-state index in [1.54, 1.807) is 12.1 Å². The molecule has 2 heterocycles. The van der Waals surface area contributed by atoms with Crippen molar-refractivity contribution in [3.63, 3.8) is 0 Å². The number of rotatable bonds is 7. The van der Waals surface area contributed by atoms with E-state index in [-0.39, 0.29) is 11.8 Å². The predicted molar refractivity (Wildman–Crippen MR) is 119 cm³/mol. The molecule has 0 bridgehead atoms. The summed E-state index contributed by atoms with van der Waals surface area (Å²) in [6.45, 7) is 9.73. The first-order valence-electron chi connectivity index (χ1n) is 10.9. The molecule has 0 saturated carbocycles. The molecule has 31 heavy (non-hydrogen) atoms. The topological polar surface area (TPSA) is 52.8 Å². The van der Waals surface area contributed by atoms with Crippen LogP contribution in [-0.4, -0.2) is 66.4 Å². The van der Waals surface area contributed by atoms with Crippen molar-refractivity contribution in [2.24, 2.45) is 11.7 Å². The molecule has 3 rings (SSSR count). The van der Waals surface area contributed by atoms with Crippen LogP contribution in [0.2, 0.25) is 0 Å². The van der Waals surface area contributed by atoms with Crippen molar-refractivity contribution in [1.82, 2.24) is 14.7 Å². The van der Waals surface area contributed by atoms with Crippen LogP contribution in [0.15, 0.2) is 54.8 Å². The lowest BCUT2D eigenvalue weighted by Gasteiger charge is -2.38. The second-order valence-corrected chi connectivity index (χ2v) is 8.24. The van der Waals surface area contributed by atoms with E-state index in [9.17, 15) is 13.6 Å². The Morgan fingerprint density at radius 2 is 1.77 bits per heavy atom. The SMILES string of the molecule is C=C/C=C(\C=C/N)CN1CCC(C(=O)N2CCN(Cc3ccc(F)c(F)c3)CC2)CC1. The number of halogens is 2. The zero-order valence-corrected chi connectivity index (χ0v) is 18.0. The van der Waals surface area contributed by atoms with Crippen LogP contribution in [0.1, 0.15) is 18.4 Å². The molecular weight excluding hydrogens is 398 g/mol. The molecule has 0 aliphatic carbocycles. The molecule has 0 spiro atoms. The number of hydrogen-bond donors (Lipinski definition) is 1. The standard InChI is InChI=1S/C24H32F2N4O/c1-2-3-19(6-9-27)17-28-10-7-21(8-11-28)24(31)30-14-12-29(13-15-30)18-20-4-5-22(25)23(26)16-20/h2-6,9,16,21H,1,7-8,10-15,17-18,27H2/b9-6-,19-3+. The van der Waals surface area contributed by atoms with Crippen molar-refractivity contribution in [3.8, 4) is 0 Å². The van der Waals surface area contributed by atoms with Crippen LogP contribution in [0.25, 0.3) is 0 Å². The molecule has 0 radical (unpaired) electrons. The second kappa shape index (κ2) is 11.2. The first-order chi connectivity index (χ1) is 15.0. The number of nitrogens with zero attached hydrogens (tertiary/aromatic N) is 3. The third kappa shape index (κ3) is 6.48. The molecule has 1 amide bonds. The first-order valence-corrected chi connectivity index (χ1v) is 10.9. The zero-order chi connectivity index (χ0) is 22.2. The summed E-state index contributed by atoms with van der Waals surface area (Å²) in [5, 5.41) is 0. The van der Waals surface area contributed by atoms with Crippen LogP contribution in [-0.2, 0) is 11.3 Å². The summed E-state index contributed by atoms with van der Waals surface area (Å²) in [5.74, 6) is -1.32. The number of benzene rings is 1. The van der Waals surface area contributed by atoms with E-state index < -0.39 is 11.6 Å². The summed E-state index contributed by atoms with van der Waals surface area (Å²) in [6.07, 6.45) is 8.87. The summed E-state index contributed by atoms with van der Waals surface area (Å²) < 4.78 is 26.5. The van der Waals surface area contributed by atoms with Crippen molar-refractivity contribution < 1.29 is 13.6 Å². The Balaban J connectivity index is 1.43. The number of likely N-dealkylation sites (tertiary alicyclic amines) is 1. The number of piperidine rings is 1. The smallest absolute Gasteiger partial charge is 0.225 e. The number of hydrogen-bond acceptors (Lipinski definition) is 4. The average molecular weight is 431 g/mol. The van der Waals surface area contributed by atoms with Gasteiger partial charge in [0.05, 0.1) is 0 Å². The van der Waals surface area contributed by atoms with Crippen LogP contribution >= 0.6 is 0 Å². The number of piperazine rings is 1. The average Bonchev–Trinajstić information content (AvgIpc) is 2.77. The number of nitrogens with two attached hydrogens (primary N) is 1. The van der Waals surface area contributed by atoms with E-state index in [0.29, 0.717) is 19.6 Å². The van der Waals surface area contributed by atoms with Gasteiger partial charge in [-0.1, -0.05) is 24.8 Å². The van der Waals surface area contributed by atoms with Crippen LogP contribution < -0.4 is 5.73 Å². The molecule has 2 aliphatic rings. The molecule has 5 nitrogen and oxygen atoms in total. The Labute approximate surface area is 183 Å². The van der Waals surface area contributed by atoms with Crippen molar-refractivity contribution in [1.29, 1.82) is 0 Å². The fourth-order valence-electron chi connectivity index (χ4n) is 4.31. The third-order valence-corrected chi connectivity index (χ3v) is 6.06. The first kappa shape index (κ1) is 23.2. The van der Waals surface area contributed by atoms with Crippen molar-refractivity contribution in [2.45, 2.75) is 19.4 Å². The van der Waals surface area contributed by atoms with Crippen LogP contribution in [0.5, 0.6) is 0 Å². The lowest BCUT2D eigenvalue weighted by atomic mass is 9.94. The number of carbonyl (C=O) groups is 1. The zero-order valence-electron chi connectivity index (χ0n) is 18.0. The van der Waals surface area contributed by atoms with Gasteiger partial charge in [0.25, 0.3) is 0 Å². The van der Waals surface area contributed by atoms with Gasteiger partial charge in [0, 0.05) is 45.2 Å². The number of carbonyl (C=O) groups excluding carboxylic acids is 1. The molecule has 1 aromatic rings. The highest BCUT2D eigenvalue weighted by Crippen LogP contribution is 2.22. The molecule has 0 atom stereocenters. The van der Waals surface area contributed by atoms with Gasteiger partial charge in [0.2, 0.25) is 5.91 Å².